The van der Waals surface area contributed by atoms with E-state index >= 15 is 0 Å². The van der Waals surface area contributed by atoms with Crippen molar-refractivity contribution < 1.29 is 19.0 Å². The highest BCUT2D eigenvalue weighted by Gasteiger charge is 2.16. The second-order valence-corrected chi connectivity index (χ2v) is 7.47. The van der Waals surface area contributed by atoms with Crippen LogP contribution in [0.25, 0.3) is 0 Å². The molecule has 0 bridgehead atoms. The Hall–Kier alpha value is -2.44. The number of hydrogen-bond acceptors (Lipinski definition) is 6. The third kappa shape index (κ3) is 6.84. The summed E-state index contributed by atoms with van der Waals surface area (Å²) in [5.41, 5.74) is 7.60. The lowest BCUT2D eigenvalue weighted by Gasteiger charge is -2.14. The quantitative estimate of drug-likeness (QED) is 0.329. The summed E-state index contributed by atoms with van der Waals surface area (Å²) < 4.78 is 16.5. The van der Waals surface area contributed by atoms with Gasteiger partial charge in [-0.1, -0.05) is 11.6 Å². The number of unbranched alkanes of at least 4 members (excludes halogenated alkanes) is 1. The van der Waals surface area contributed by atoms with Crippen LogP contribution in [-0.4, -0.2) is 45.5 Å². The van der Waals surface area contributed by atoms with Crippen molar-refractivity contribution in [3.05, 3.63) is 46.5 Å². The zero-order valence-electron chi connectivity index (χ0n) is 17.5. The van der Waals surface area contributed by atoms with Crippen molar-refractivity contribution in [3.63, 3.8) is 0 Å². The normalized spacial score (nSPS) is 10.8. The Kier molecular flexibility index (Phi) is 8.61. The molecule has 6 nitrogen and oxygen atoms in total. The number of hydrogen-bond donors (Lipinski definition) is 1. The van der Waals surface area contributed by atoms with E-state index in [1.54, 1.807) is 32.4 Å². The summed E-state index contributed by atoms with van der Waals surface area (Å²) in [7, 11) is 7.21. The van der Waals surface area contributed by atoms with Gasteiger partial charge in [0.05, 0.1) is 30.5 Å². The van der Waals surface area contributed by atoms with Gasteiger partial charge in [0.15, 0.2) is 5.78 Å². The van der Waals surface area contributed by atoms with E-state index in [2.05, 4.69) is 4.90 Å². The minimum absolute atomic E-state index is 0.0103. The van der Waals surface area contributed by atoms with Crippen molar-refractivity contribution in [3.8, 4) is 17.2 Å². The fourth-order valence-electron chi connectivity index (χ4n) is 2.87. The van der Waals surface area contributed by atoms with Crippen LogP contribution in [-0.2, 0) is 6.61 Å². The average molecular weight is 421 g/mol. The maximum atomic E-state index is 12.8. The Balaban J connectivity index is 2.15. The fourth-order valence-corrected chi connectivity index (χ4v) is 3.03. The molecule has 2 N–H and O–H groups in total. The van der Waals surface area contributed by atoms with Crippen molar-refractivity contribution in [2.24, 2.45) is 0 Å². The Morgan fingerprint density at radius 1 is 1.03 bits per heavy atom. The lowest BCUT2D eigenvalue weighted by molar-refractivity contribution is 0.0974. The van der Waals surface area contributed by atoms with E-state index in [9.17, 15) is 4.79 Å². The summed E-state index contributed by atoms with van der Waals surface area (Å²) in [6.07, 6.45) is 2.17. The molecule has 0 aliphatic heterocycles. The summed E-state index contributed by atoms with van der Waals surface area (Å²) >= 11 is 6.16. The highest BCUT2D eigenvalue weighted by atomic mass is 35.5. The van der Waals surface area contributed by atoms with E-state index in [4.69, 9.17) is 31.5 Å². The first-order chi connectivity index (χ1) is 13.8. The van der Waals surface area contributed by atoms with Gasteiger partial charge in [0.2, 0.25) is 0 Å². The lowest BCUT2D eigenvalue weighted by Crippen LogP contribution is -2.13. The number of rotatable bonds is 11. The second kappa shape index (κ2) is 10.9. The van der Waals surface area contributed by atoms with Crippen molar-refractivity contribution in [1.82, 2.24) is 4.90 Å². The third-order valence-corrected chi connectivity index (χ3v) is 4.79. The lowest BCUT2D eigenvalue weighted by atomic mass is 10.0. The van der Waals surface area contributed by atoms with Gasteiger partial charge >= 0.3 is 0 Å². The first-order valence-corrected chi connectivity index (χ1v) is 9.83. The van der Waals surface area contributed by atoms with Crippen LogP contribution in [0.5, 0.6) is 17.2 Å². The molecule has 0 unspecified atom stereocenters. The van der Waals surface area contributed by atoms with Crippen molar-refractivity contribution in [2.75, 3.05) is 40.6 Å². The molecule has 2 aromatic rings. The Bertz CT molecular complexity index is 818. The van der Waals surface area contributed by atoms with Gasteiger partial charge < -0.3 is 24.8 Å². The number of methoxy groups -OCH3 is 2. The maximum Gasteiger partial charge on any atom is 0.166 e. The number of carbonyl (C=O) groups is 1. The van der Waals surface area contributed by atoms with E-state index in [0.717, 1.165) is 24.9 Å². The summed E-state index contributed by atoms with van der Waals surface area (Å²) in [6, 6.07) is 8.68. The number of anilines is 1. The zero-order chi connectivity index (χ0) is 21.4. The first-order valence-electron chi connectivity index (χ1n) is 9.45. The van der Waals surface area contributed by atoms with Gasteiger partial charge in [0, 0.05) is 18.6 Å². The highest BCUT2D eigenvalue weighted by molar-refractivity contribution is 6.33. The molecular formula is C22H29ClN2O4. The van der Waals surface area contributed by atoms with Crippen molar-refractivity contribution in [2.45, 2.75) is 25.9 Å². The first kappa shape index (κ1) is 22.8. The molecule has 29 heavy (non-hydrogen) atoms. The molecule has 2 aromatic carbocycles. The Morgan fingerprint density at radius 3 is 2.28 bits per heavy atom. The molecule has 0 aromatic heterocycles. The van der Waals surface area contributed by atoms with Crippen LogP contribution >= 0.6 is 11.6 Å². The molecule has 0 saturated carbocycles. The Morgan fingerprint density at radius 2 is 1.69 bits per heavy atom. The number of carbonyl (C=O) groups excluding carboxylic acids is 1. The number of nitrogens with zero attached hydrogens (tertiary/aromatic N) is 1. The molecule has 0 spiro atoms. The molecule has 0 aliphatic carbocycles. The number of nitrogen functional groups attached to an aromatic ring is 1. The minimum atomic E-state index is -0.0103. The summed E-state index contributed by atoms with van der Waals surface area (Å²) in [4.78, 5) is 14.9. The van der Waals surface area contributed by atoms with Crippen LogP contribution in [0, 0.1) is 0 Å². The van der Waals surface area contributed by atoms with Gasteiger partial charge in [-0.3, -0.25) is 4.79 Å². The molecule has 158 valence electrons. The number of halogens is 1. The minimum Gasteiger partial charge on any atom is -0.497 e. The van der Waals surface area contributed by atoms with E-state index in [-0.39, 0.29) is 12.4 Å². The van der Waals surface area contributed by atoms with E-state index < -0.39 is 0 Å². The standard InChI is InChI=1S/C22H29ClN2O4/c1-25(2)8-6-5-7-21(26)18-12-19(23)20(24)13-22(18)29-14-15-9-16(27-3)11-17(10-15)28-4/h9-13H,5-8,14,24H2,1-4H3. The summed E-state index contributed by atoms with van der Waals surface area (Å²) in [5, 5.41) is 0.344. The molecule has 0 saturated heterocycles. The highest BCUT2D eigenvalue weighted by Crippen LogP contribution is 2.31. The number of Topliss-reactive ketones (excluding diaryl/α,β-unsaturated/α-hetero) is 1. The van der Waals surface area contributed by atoms with Crippen LogP contribution in [0.2, 0.25) is 5.02 Å². The third-order valence-electron chi connectivity index (χ3n) is 4.46. The smallest absolute Gasteiger partial charge is 0.166 e. The molecular weight excluding hydrogens is 392 g/mol. The molecule has 0 heterocycles. The van der Waals surface area contributed by atoms with E-state index in [1.165, 1.54) is 0 Å². The fraction of sp³-hybridized carbons (Fsp3) is 0.409. The second-order valence-electron chi connectivity index (χ2n) is 7.06. The maximum absolute atomic E-state index is 12.8. The predicted molar refractivity (Wildman–Crippen MR) is 116 cm³/mol. The number of benzene rings is 2. The number of ketones is 1. The van der Waals surface area contributed by atoms with E-state index in [0.29, 0.717) is 39.9 Å². The summed E-state index contributed by atoms with van der Waals surface area (Å²) in [5.74, 6) is 1.74. The molecule has 0 aliphatic rings. The largest absolute Gasteiger partial charge is 0.497 e. The van der Waals surface area contributed by atoms with Crippen LogP contribution < -0.4 is 19.9 Å². The molecule has 0 radical (unpaired) electrons. The van der Waals surface area contributed by atoms with Crippen molar-refractivity contribution >= 4 is 23.1 Å². The Labute approximate surface area is 177 Å². The molecule has 0 fully saturated rings. The van der Waals surface area contributed by atoms with Crippen molar-refractivity contribution in [1.29, 1.82) is 0 Å². The SMILES string of the molecule is COc1cc(COc2cc(N)c(Cl)cc2C(=O)CCCCN(C)C)cc(OC)c1. The van der Waals surface area contributed by atoms with Crippen LogP contribution in [0.15, 0.2) is 30.3 Å². The van der Waals surface area contributed by atoms with Gasteiger partial charge in [0.1, 0.15) is 23.9 Å². The van der Waals surface area contributed by atoms with Crippen LogP contribution in [0.1, 0.15) is 35.2 Å². The molecule has 0 amide bonds. The molecule has 7 heteroatoms. The number of ether oxygens (including phenoxy) is 3. The monoisotopic (exact) mass is 420 g/mol. The average Bonchev–Trinajstić information content (AvgIpc) is 2.71. The topological polar surface area (TPSA) is 74.0 Å². The van der Waals surface area contributed by atoms with Gasteiger partial charge in [0.25, 0.3) is 0 Å². The summed E-state index contributed by atoms with van der Waals surface area (Å²) in [6.45, 7) is 1.17. The van der Waals surface area contributed by atoms with Gasteiger partial charge in [-0.2, -0.15) is 0 Å². The van der Waals surface area contributed by atoms with Gasteiger partial charge in [-0.05, 0) is 57.2 Å². The van der Waals surface area contributed by atoms with Crippen LogP contribution in [0.3, 0.4) is 0 Å². The van der Waals surface area contributed by atoms with E-state index in [1.807, 2.05) is 26.2 Å². The predicted octanol–water partition coefficient (Wildman–Crippen LogP) is 4.43. The molecule has 0 atom stereocenters. The molecule has 2 rings (SSSR count). The van der Waals surface area contributed by atoms with Crippen LogP contribution in [0.4, 0.5) is 5.69 Å². The van der Waals surface area contributed by atoms with Gasteiger partial charge in [-0.15, -0.1) is 0 Å². The van der Waals surface area contributed by atoms with Gasteiger partial charge in [-0.25, -0.2) is 0 Å². The zero-order valence-corrected chi connectivity index (χ0v) is 18.2. The number of nitrogens with two attached hydrogens (primary N) is 1.